The topological polar surface area (TPSA) is 66.6 Å². The molecule has 3 N–H and O–H groups in total. The molecular weight excluding hydrogens is 272 g/mol. The van der Waals surface area contributed by atoms with E-state index in [4.69, 9.17) is 5.84 Å². The lowest BCUT2D eigenvalue weighted by Crippen LogP contribution is -2.36. The van der Waals surface area contributed by atoms with Crippen molar-refractivity contribution < 1.29 is 9.90 Å². The van der Waals surface area contributed by atoms with Gasteiger partial charge in [-0.1, -0.05) is 6.58 Å². The van der Waals surface area contributed by atoms with E-state index < -0.39 is 5.60 Å². The van der Waals surface area contributed by atoms with E-state index in [1.807, 2.05) is 0 Å². The number of ketones is 1. The number of nitrogens with two attached hydrogens (primary N) is 1. The molecule has 16 heavy (non-hydrogen) atoms. The SMILES string of the molecule is C=C(/C(Br)=C\N(C)N)C1(O)CCC(=O)CC1. The number of halogens is 1. The van der Waals surface area contributed by atoms with E-state index in [0.29, 0.717) is 35.7 Å². The molecule has 0 spiro atoms. The molecule has 0 aromatic rings. The van der Waals surface area contributed by atoms with Gasteiger partial charge in [-0.3, -0.25) is 4.79 Å². The molecule has 0 unspecified atom stereocenters. The highest BCUT2D eigenvalue weighted by atomic mass is 79.9. The Balaban J connectivity index is 2.77. The second-order valence-electron chi connectivity index (χ2n) is 4.19. The standard InChI is InChI=1S/C11H17BrN2O2/c1-8(10(12)7-14(2)13)11(16)5-3-9(15)4-6-11/h7,16H,1,3-6,13H2,2H3/b10-7+. The molecule has 5 heteroatoms. The first-order valence-electron chi connectivity index (χ1n) is 5.14. The fourth-order valence-corrected chi connectivity index (χ4v) is 2.42. The third kappa shape index (κ3) is 3.17. The van der Waals surface area contributed by atoms with E-state index in [2.05, 4.69) is 22.5 Å². The van der Waals surface area contributed by atoms with Gasteiger partial charge in [-0.25, -0.2) is 5.84 Å². The molecule has 4 nitrogen and oxygen atoms in total. The van der Waals surface area contributed by atoms with E-state index in [0.717, 1.165) is 0 Å². The molecule has 0 heterocycles. The van der Waals surface area contributed by atoms with E-state index in [1.54, 1.807) is 13.2 Å². The summed E-state index contributed by atoms with van der Waals surface area (Å²) in [6.07, 6.45) is 3.32. The number of hydrazine groups is 1. The molecule has 0 aromatic heterocycles. The van der Waals surface area contributed by atoms with Gasteiger partial charge in [0, 0.05) is 30.6 Å². The van der Waals surface area contributed by atoms with Crippen LogP contribution in [0, 0.1) is 0 Å². The van der Waals surface area contributed by atoms with E-state index in [1.165, 1.54) is 5.01 Å². The Morgan fingerprint density at radius 3 is 2.56 bits per heavy atom. The molecule has 0 aromatic carbocycles. The average molecular weight is 289 g/mol. The smallest absolute Gasteiger partial charge is 0.133 e. The first kappa shape index (κ1) is 13.4. The number of rotatable bonds is 3. The van der Waals surface area contributed by atoms with Crippen LogP contribution < -0.4 is 5.84 Å². The van der Waals surface area contributed by atoms with Gasteiger partial charge in [-0.05, 0) is 34.3 Å². The molecule has 90 valence electrons. The quantitative estimate of drug-likeness (QED) is 0.469. The number of Topliss-reactive ketones (excluding diaryl/α,β-unsaturated/α-hetero) is 1. The van der Waals surface area contributed by atoms with Gasteiger partial charge in [0.25, 0.3) is 0 Å². The molecule has 0 radical (unpaired) electrons. The molecule has 0 atom stereocenters. The Morgan fingerprint density at radius 2 is 2.12 bits per heavy atom. The second-order valence-corrected chi connectivity index (χ2v) is 5.05. The number of carbonyl (C=O) groups is 1. The molecule has 0 aliphatic heterocycles. The summed E-state index contributed by atoms with van der Waals surface area (Å²) in [7, 11) is 1.68. The Kier molecular flexibility index (Phi) is 4.29. The first-order chi connectivity index (χ1) is 7.35. The van der Waals surface area contributed by atoms with Gasteiger partial charge >= 0.3 is 0 Å². The minimum absolute atomic E-state index is 0.202. The highest BCUT2D eigenvalue weighted by molar-refractivity contribution is 9.12. The summed E-state index contributed by atoms with van der Waals surface area (Å²) in [5.41, 5.74) is -0.406. The number of carbonyl (C=O) groups excluding carboxylic acids is 1. The molecule has 1 fully saturated rings. The van der Waals surface area contributed by atoms with Crippen LogP contribution in [-0.4, -0.2) is 28.5 Å². The van der Waals surface area contributed by atoms with Crippen LogP contribution in [0.4, 0.5) is 0 Å². The summed E-state index contributed by atoms with van der Waals surface area (Å²) in [5.74, 6) is 5.68. The number of nitrogens with zero attached hydrogens (tertiary/aromatic N) is 1. The van der Waals surface area contributed by atoms with Crippen molar-refractivity contribution in [1.29, 1.82) is 0 Å². The van der Waals surface area contributed by atoms with Crippen molar-refractivity contribution in [1.82, 2.24) is 5.01 Å². The maximum atomic E-state index is 11.1. The predicted molar refractivity (Wildman–Crippen MR) is 66.5 cm³/mol. The van der Waals surface area contributed by atoms with Crippen LogP contribution in [0.1, 0.15) is 25.7 Å². The summed E-state index contributed by atoms with van der Waals surface area (Å²) in [6.45, 7) is 3.87. The fraction of sp³-hybridized carbons (Fsp3) is 0.545. The predicted octanol–water partition coefficient (Wildman–Crippen LogP) is 1.46. The van der Waals surface area contributed by atoms with Gasteiger partial charge < -0.3 is 10.1 Å². The van der Waals surface area contributed by atoms with Crippen LogP contribution in [0.2, 0.25) is 0 Å². The lowest BCUT2D eigenvalue weighted by Gasteiger charge is -2.33. The van der Waals surface area contributed by atoms with Gasteiger partial charge in [0.2, 0.25) is 0 Å². The largest absolute Gasteiger partial charge is 0.385 e. The maximum absolute atomic E-state index is 11.1. The minimum atomic E-state index is -0.987. The van der Waals surface area contributed by atoms with Crippen molar-refractivity contribution in [2.24, 2.45) is 5.84 Å². The van der Waals surface area contributed by atoms with Crippen LogP contribution >= 0.6 is 15.9 Å². The normalized spacial score (nSPS) is 20.8. The number of aliphatic hydroxyl groups is 1. The van der Waals surface area contributed by atoms with Crippen molar-refractivity contribution in [3.05, 3.63) is 22.8 Å². The third-order valence-electron chi connectivity index (χ3n) is 2.80. The van der Waals surface area contributed by atoms with Crippen molar-refractivity contribution >= 4 is 21.7 Å². The van der Waals surface area contributed by atoms with Crippen molar-refractivity contribution in [3.8, 4) is 0 Å². The summed E-state index contributed by atoms with van der Waals surface area (Å²) >= 11 is 3.32. The van der Waals surface area contributed by atoms with Gasteiger partial charge in [0.15, 0.2) is 0 Å². The highest BCUT2D eigenvalue weighted by Gasteiger charge is 2.35. The molecule has 1 saturated carbocycles. The van der Waals surface area contributed by atoms with Gasteiger partial charge in [0.1, 0.15) is 5.78 Å². The summed E-state index contributed by atoms with van der Waals surface area (Å²) in [6, 6.07) is 0. The fourth-order valence-electron chi connectivity index (χ4n) is 1.72. The zero-order chi connectivity index (χ0) is 12.3. The van der Waals surface area contributed by atoms with Gasteiger partial charge in [-0.15, -0.1) is 0 Å². The van der Waals surface area contributed by atoms with Crippen molar-refractivity contribution in [3.63, 3.8) is 0 Å². The third-order valence-corrected chi connectivity index (χ3v) is 3.49. The molecule has 0 saturated heterocycles. The van der Waals surface area contributed by atoms with E-state index >= 15 is 0 Å². The summed E-state index contributed by atoms with van der Waals surface area (Å²) in [4.78, 5) is 11.1. The van der Waals surface area contributed by atoms with Crippen molar-refractivity contribution in [2.75, 3.05) is 7.05 Å². The Bertz CT molecular complexity index is 327. The van der Waals surface area contributed by atoms with Crippen LogP contribution in [0.3, 0.4) is 0 Å². The molecule has 0 bridgehead atoms. The number of hydrogen-bond donors (Lipinski definition) is 2. The molecule has 1 aliphatic carbocycles. The zero-order valence-electron chi connectivity index (χ0n) is 9.37. The van der Waals surface area contributed by atoms with E-state index in [-0.39, 0.29) is 5.78 Å². The van der Waals surface area contributed by atoms with Crippen LogP contribution in [-0.2, 0) is 4.79 Å². The van der Waals surface area contributed by atoms with Crippen LogP contribution in [0.15, 0.2) is 22.8 Å². The Labute approximate surface area is 104 Å². The molecule has 1 aliphatic rings. The highest BCUT2D eigenvalue weighted by Crippen LogP contribution is 2.37. The van der Waals surface area contributed by atoms with Crippen molar-refractivity contribution in [2.45, 2.75) is 31.3 Å². The first-order valence-corrected chi connectivity index (χ1v) is 5.93. The monoisotopic (exact) mass is 288 g/mol. The van der Waals surface area contributed by atoms with Gasteiger partial charge in [0.05, 0.1) is 5.60 Å². The lowest BCUT2D eigenvalue weighted by atomic mass is 9.79. The lowest BCUT2D eigenvalue weighted by molar-refractivity contribution is -0.123. The Morgan fingerprint density at radius 1 is 1.62 bits per heavy atom. The summed E-state index contributed by atoms with van der Waals surface area (Å²) < 4.78 is 0.661. The van der Waals surface area contributed by atoms with Gasteiger partial charge in [-0.2, -0.15) is 0 Å². The van der Waals surface area contributed by atoms with E-state index in [9.17, 15) is 9.90 Å². The molecule has 0 amide bonds. The maximum Gasteiger partial charge on any atom is 0.133 e. The number of hydrogen-bond acceptors (Lipinski definition) is 4. The molecule has 1 rings (SSSR count). The van der Waals surface area contributed by atoms with Crippen LogP contribution in [0.25, 0.3) is 0 Å². The Hall–Kier alpha value is -0.650. The molecular formula is C11H17BrN2O2. The average Bonchev–Trinajstić information content (AvgIpc) is 2.20. The minimum Gasteiger partial charge on any atom is -0.385 e. The summed E-state index contributed by atoms with van der Waals surface area (Å²) in [5, 5.41) is 11.7. The second kappa shape index (κ2) is 5.12. The van der Waals surface area contributed by atoms with Crippen LogP contribution in [0.5, 0.6) is 0 Å². The zero-order valence-corrected chi connectivity index (χ0v) is 11.0.